The zero-order chi connectivity index (χ0) is 27.2. The Morgan fingerprint density at radius 2 is 1.94 bits per heavy atom. The molecule has 0 amide bonds. The van der Waals surface area contributed by atoms with Crippen molar-refractivity contribution in [3.8, 4) is 11.8 Å². The lowest BCUT2D eigenvalue weighted by atomic mass is 9.76. The number of nitrogens with zero attached hydrogens (tertiary/aromatic N) is 1. The lowest BCUT2D eigenvalue weighted by molar-refractivity contribution is -0.275. The minimum atomic E-state index is -4.92. The van der Waals surface area contributed by atoms with Crippen molar-refractivity contribution in [1.82, 2.24) is 4.98 Å². The Labute approximate surface area is 202 Å². The van der Waals surface area contributed by atoms with Crippen molar-refractivity contribution in [2.45, 2.75) is 51.5 Å². The van der Waals surface area contributed by atoms with Crippen molar-refractivity contribution in [1.29, 1.82) is 5.26 Å². The van der Waals surface area contributed by atoms with Gasteiger partial charge in [0, 0.05) is 23.1 Å². The van der Waals surface area contributed by atoms with E-state index >= 15 is 0 Å². The van der Waals surface area contributed by atoms with Gasteiger partial charge >= 0.3 is 12.1 Å². The molecule has 7 nitrogen and oxygen atoms in total. The molecular formula is C24H23F5N2O5. The average molecular weight is 514 g/mol. The molecule has 1 fully saturated rings. The summed E-state index contributed by atoms with van der Waals surface area (Å²) in [5, 5.41) is 9.75. The monoisotopic (exact) mass is 514 g/mol. The number of methoxy groups -OCH3 is 1. The highest BCUT2D eigenvalue weighted by Gasteiger charge is 2.65. The number of rotatable bonds is 5. The SMILES string of the molecule is CCOC(=O)c1c(C)[nH]c([C@@H]2O[C@@](C)(C(F)(F)F)[C@@H](C)[C@H]2c2ccc(F)c(F)c2OC)c(C#N)c1=O. The van der Waals surface area contributed by atoms with Crippen LogP contribution in [0.25, 0.3) is 0 Å². The summed E-state index contributed by atoms with van der Waals surface area (Å²) >= 11 is 0. The zero-order valence-electron chi connectivity index (χ0n) is 20.0. The topological polar surface area (TPSA) is 101 Å². The van der Waals surface area contributed by atoms with Crippen molar-refractivity contribution >= 4 is 5.97 Å². The van der Waals surface area contributed by atoms with Gasteiger partial charge in [0.2, 0.25) is 11.2 Å². The van der Waals surface area contributed by atoms with Crippen LogP contribution in [0.5, 0.6) is 5.75 Å². The number of ether oxygens (including phenoxy) is 3. The summed E-state index contributed by atoms with van der Waals surface area (Å²) in [6.07, 6.45) is -6.57. The van der Waals surface area contributed by atoms with Gasteiger partial charge in [0.05, 0.1) is 19.4 Å². The van der Waals surface area contributed by atoms with Gasteiger partial charge in [-0.2, -0.15) is 22.8 Å². The van der Waals surface area contributed by atoms with E-state index in [9.17, 15) is 36.8 Å². The normalized spacial score (nSPS) is 23.9. The Kier molecular flexibility index (Phi) is 7.19. The second kappa shape index (κ2) is 9.54. The first kappa shape index (κ1) is 27.1. The van der Waals surface area contributed by atoms with Crippen LogP contribution in [-0.4, -0.2) is 36.4 Å². The molecule has 0 aliphatic carbocycles. The Morgan fingerprint density at radius 3 is 2.47 bits per heavy atom. The smallest absolute Gasteiger partial charge is 0.417 e. The summed E-state index contributed by atoms with van der Waals surface area (Å²) < 4.78 is 86.4. The maximum atomic E-state index is 14.6. The van der Waals surface area contributed by atoms with Crippen molar-refractivity contribution in [3.63, 3.8) is 0 Å². The van der Waals surface area contributed by atoms with Gasteiger partial charge in [-0.3, -0.25) is 4.79 Å². The number of nitriles is 1. The highest BCUT2D eigenvalue weighted by Crippen LogP contribution is 2.59. The van der Waals surface area contributed by atoms with Gasteiger partial charge in [0.25, 0.3) is 0 Å². The van der Waals surface area contributed by atoms with E-state index in [0.29, 0.717) is 0 Å². The number of hydrogen-bond donors (Lipinski definition) is 1. The molecule has 0 radical (unpaired) electrons. The van der Waals surface area contributed by atoms with Gasteiger partial charge in [-0.15, -0.1) is 0 Å². The molecule has 0 saturated carbocycles. The lowest BCUT2D eigenvalue weighted by Gasteiger charge is -2.32. The first-order chi connectivity index (χ1) is 16.7. The molecule has 1 aliphatic heterocycles. The van der Waals surface area contributed by atoms with Gasteiger partial charge in [0.1, 0.15) is 23.3 Å². The molecule has 36 heavy (non-hydrogen) atoms. The minimum absolute atomic E-state index is 0.0630. The molecule has 0 bridgehead atoms. The standard InChI is InChI=1S/C24H23F5N2O5/c1-6-35-22(33)16-11(3)31-18(13(9-30)19(16)32)21-15(10(2)23(4,36-21)24(27,28)29)12-7-8-14(25)17(26)20(12)34-5/h7-8,10,15,21H,6H2,1-5H3,(H,31,32)/t10-,15-,21+,23+/m0/s1. The number of hydrogen-bond acceptors (Lipinski definition) is 6. The molecule has 1 N–H and O–H groups in total. The van der Waals surface area contributed by atoms with E-state index in [1.165, 1.54) is 20.8 Å². The predicted molar refractivity (Wildman–Crippen MR) is 116 cm³/mol. The quantitative estimate of drug-likeness (QED) is 0.453. The van der Waals surface area contributed by atoms with Crippen LogP contribution in [0.4, 0.5) is 22.0 Å². The molecule has 1 aliphatic rings. The maximum absolute atomic E-state index is 14.6. The highest BCUT2D eigenvalue weighted by atomic mass is 19.4. The predicted octanol–water partition coefficient (Wildman–Crippen LogP) is 4.83. The fraction of sp³-hybridized carbons (Fsp3) is 0.458. The van der Waals surface area contributed by atoms with Gasteiger partial charge in [-0.25, -0.2) is 9.18 Å². The van der Waals surface area contributed by atoms with E-state index in [-0.39, 0.29) is 23.6 Å². The van der Waals surface area contributed by atoms with Crippen LogP contribution in [0.1, 0.15) is 65.7 Å². The Balaban J connectivity index is 2.35. The van der Waals surface area contributed by atoms with E-state index in [0.717, 1.165) is 26.2 Å². The molecule has 194 valence electrons. The number of alkyl halides is 3. The van der Waals surface area contributed by atoms with E-state index in [1.54, 1.807) is 6.07 Å². The van der Waals surface area contributed by atoms with Crippen LogP contribution < -0.4 is 10.2 Å². The molecule has 3 rings (SSSR count). The van der Waals surface area contributed by atoms with Crippen LogP contribution in [0, 0.1) is 35.8 Å². The molecule has 0 spiro atoms. The first-order valence-electron chi connectivity index (χ1n) is 10.8. The molecule has 12 heteroatoms. The Morgan fingerprint density at radius 1 is 1.31 bits per heavy atom. The summed E-state index contributed by atoms with van der Waals surface area (Å²) in [5.41, 5.74) is -5.59. The number of aryl methyl sites for hydroxylation is 1. The highest BCUT2D eigenvalue weighted by molar-refractivity contribution is 5.91. The van der Waals surface area contributed by atoms with Gasteiger partial charge < -0.3 is 19.2 Å². The number of aromatic amines is 1. The number of halogens is 5. The Bertz CT molecular complexity index is 1300. The minimum Gasteiger partial charge on any atom is -0.493 e. The molecule has 1 aromatic heterocycles. The fourth-order valence-electron chi connectivity index (χ4n) is 4.58. The third kappa shape index (κ3) is 4.11. The second-order valence-electron chi connectivity index (χ2n) is 8.52. The Hall–Kier alpha value is -3.46. The first-order valence-corrected chi connectivity index (χ1v) is 10.8. The largest absolute Gasteiger partial charge is 0.493 e. The molecule has 2 aromatic rings. The van der Waals surface area contributed by atoms with Gasteiger partial charge in [-0.1, -0.05) is 13.0 Å². The third-order valence-electron chi connectivity index (χ3n) is 6.61. The summed E-state index contributed by atoms with van der Waals surface area (Å²) in [6, 6.07) is 3.44. The van der Waals surface area contributed by atoms with Crippen LogP contribution in [0.15, 0.2) is 16.9 Å². The summed E-state index contributed by atoms with van der Waals surface area (Å²) in [5.74, 6) is -7.10. The van der Waals surface area contributed by atoms with Crippen LogP contribution in [0.2, 0.25) is 0 Å². The number of nitrogens with one attached hydrogen (secondary N) is 1. The zero-order valence-corrected chi connectivity index (χ0v) is 20.0. The van der Waals surface area contributed by atoms with Crippen LogP contribution in [0.3, 0.4) is 0 Å². The fourth-order valence-corrected chi connectivity index (χ4v) is 4.58. The maximum Gasteiger partial charge on any atom is 0.417 e. The molecule has 0 unspecified atom stereocenters. The molecular weight excluding hydrogens is 491 g/mol. The van der Waals surface area contributed by atoms with E-state index in [1.807, 2.05) is 0 Å². The molecule has 1 saturated heterocycles. The lowest BCUT2D eigenvalue weighted by Crippen LogP contribution is -2.46. The number of carbonyl (C=O) groups is 1. The number of benzene rings is 1. The number of pyridine rings is 1. The molecule has 1 aromatic carbocycles. The number of aromatic nitrogens is 1. The van der Waals surface area contributed by atoms with Crippen molar-refractivity contribution < 1.29 is 41.0 Å². The summed E-state index contributed by atoms with van der Waals surface area (Å²) in [7, 11) is 1.03. The number of carbonyl (C=O) groups excluding carboxylic acids is 1. The van der Waals surface area contributed by atoms with Crippen LogP contribution in [-0.2, 0) is 9.47 Å². The van der Waals surface area contributed by atoms with Crippen LogP contribution >= 0.6 is 0 Å². The average Bonchev–Trinajstić information content (AvgIpc) is 3.07. The third-order valence-corrected chi connectivity index (χ3v) is 6.61. The van der Waals surface area contributed by atoms with Crippen molar-refractivity contribution in [2.75, 3.05) is 13.7 Å². The van der Waals surface area contributed by atoms with Gasteiger partial charge in [0.15, 0.2) is 17.2 Å². The second-order valence-corrected chi connectivity index (χ2v) is 8.52. The summed E-state index contributed by atoms with van der Waals surface area (Å²) in [6.45, 7) is 4.76. The molecule has 2 heterocycles. The summed E-state index contributed by atoms with van der Waals surface area (Å²) in [4.78, 5) is 28.0. The number of H-pyrrole nitrogens is 1. The van der Waals surface area contributed by atoms with E-state index in [4.69, 9.17) is 14.2 Å². The van der Waals surface area contributed by atoms with Gasteiger partial charge in [-0.05, 0) is 26.8 Å². The molecule has 4 atom stereocenters. The van der Waals surface area contributed by atoms with Crippen molar-refractivity contribution in [3.05, 3.63) is 62.1 Å². The van der Waals surface area contributed by atoms with E-state index in [2.05, 4.69) is 4.98 Å². The van der Waals surface area contributed by atoms with E-state index < -0.39 is 69.6 Å². The number of esters is 1. The van der Waals surface area contributed by atoms with Crippen molar-refractivity contribution in [2.24, 2.45) is 5.92 Å².